The normalized spacial score (nSPS) is 16.9. The Labute approximate surface area is 235 Å². The minimum absolute atomic E-state index is 0.0229. The lowest BCUT2D eigenvalue weighted by atomic mass is 9.90. The SMILES string of the molecule is CCOC(=O)N1CCC(NC(=O)c2cnn(-c3ccc(OC)cc3)c2C2CCN(C(=O)OC(C)(C)C)CC2)CC1. The van der Waals surface area contributed by atoms with E-state index in [4.69, 9.17) is 14.2 Å². The van der Waals surface area contributed by atoms with Crippen molar-refractivity contribution in [2.24, 2.45) is 0 Å². The van der Waals surface area contributed by atoms with E-state index in [1.54, 1.807) is 30.0 Å². The first kappa shape index (κ1) is 29.2. The van der Waals surface area contributed by atoms with Crippen LogP contribution in [0.1, 0.15) is 75.3 Å². The van der Waals surface area contributed by atoms with Crippen molar-refractivity contribution in [3.63, 3.8) is 0 Å². The number of piperidine rings is 2. The quantitative estimate of drug-likeness (QED) is 0.564. The van der Waals surface area contributed by atoms with E-state index in [1.165, 1.54) is 0 Å². The van der Waals surface area contributed by atoms with E-state index in [0.717, 1.165) is 17.1 Å². The Morgan fingerprint density at radius 3 is 2.12 bits per heavy atom. The zero-order chi connectivity index (χ0) is 28.9. The summed E-state index contributed by atoms with van der Waals surface area (Å²) in [5.74, 6) is 0.573. The molecule has 0 bridgehead atoms. The Kier molecular flexibility index (Phi) is 9.21. The maximum atomic E-state index is 13.6. The number of hydrogen-bond acceptors (Lipinski definition) is 7. The first-order chi connectivity index (χ1) is 19.1. The zero-order valence-corrected chi connectivity index (χ0v) is 24.1. The number of nitrogens with zero attached hydrogens (tertiary/aromatic N) is 4. The smallest absolute Gasteiger partial charge is 0.410 e. The maximum absolute atomic E-state index is 13.6. The van der Waals surface area contributed by atoms with E-state index in [0.29, 0.717) is 64.0 Å². The number of benzene rings is 1. The van der Waals surface area contributed by atoms with Crippen LogP contribution in [0, 0.1) is 0 Å². The van der Waals surface area contributed by atoms with E-state index in [1.807, 2.05) is 49.7 Å². The number of carbonyl (C=O) groups excluding carboxylic acids is 3. The van der Waals surface area contributed by atoms with Gasteiger partial charge in [0, 0.05) is 38.1 Å². The van der Waals surface area contributed by atoms with Gasteiger partial charge in [-0.1, -0.05) is 0 Å². The lowest BCUT2D eigenvalue weighted by Crippen LogP contribution is -2.47. The number of carbonyl (C=O) groups is 3. The van der Waals surface area contributed by atoms with Crippen molar-refractivity contribution < 1.29 is 28.6 Å². The number of ether oxygens (including phenoxy) is 3. The summed E-state index contributed by atoms with van der Waals surface area (Å²) in [5, 5.41) is 7.80. The molecule has 0 atom stereocenters. The average Bonchev–Trinajstić information content (AvgIpc) is 3.38. The van der Waals surface area contributed by atoms with Crippen LogP contribution in [0.2, 0.25) is 0 Å². The fourth-order valence-electron chi connectivity index (χ4n) is 5.20. The largest absolute Gasteiger partial charge is 0.497 e. The van der Waals surface area contributed by atoms with Crippen LogP contribution in [0.3, 0.4) is 0 Å². The third kappa shape index (κ3) is 7.05. The summed E-state index contributed by atoms with van der Waals surface area (Å²) in [6.07, 6.45) is 3.66. The molecule has 4 rings (SSSR count). The number of rotatable bonds is 6. The van der Waals surface area contributed by atoms with Gasteiger partial charge in [0.15, 0.2) is 0 Å². The minimum Gasteiger partial charge on any atom is -0.497 e. The van der Waals surface area contributed by atoms with E-state index in [2.05, 4.69) is 10.4 Å². The summed E-state index contributed by atoms with van der Waals surface area (Å²) >= 11 is 0. The van der Waals surface area contributed by atoms with Crippen LogP contribution < -0.4 is 10.1 Å². The number of nitrogens with one attached hydrogen (secondary N) is 1. The molecule has 11 nitrogen and oxygen atoms in total. The predicted octanol–water partition coefficient (Wildman–Crippen LogP) is 4.35. The molecular weight excluding hydrogens is 514 g/mol. The topological polar surface area (TPSA) is 115 Å². The molecule has 218 valence electrons. The molecular formula is C29H41N5O6. The van der Waals surface area contributed by atoms with Gasteiger partial charge in [-0.2, -0.15) is 5.10 Å². The molecule has 2 aromatic rings. The molecule has 1 aromatic carbocycles. The van der Waals surface area contributed by atoms with E-state index < -0.39 is 5.60 Å². The van der Waals surface area contributed by atoms with Crippen molar-refractivity contribution in [2.75, 3.05) is 39.9 Å². The summed E-state index contributed by atoms with van der Waals surface area (Å²) in [5.41, 5.74) is 1.63. The van der Waals surface area contributed by atoms with Gasteiger partial charge in [-0.3, -0.25) is 4.79 Å². The van der Waals surface area contributed by atoms with Gasteiger partial charge in [0.25, 0.3) is 5.91 Å². The van der Waals surface area contributed by atoms with Crippen LogP contribution in [0.4, 0.5) is 9.59 Å². The Hall–Kier alpha value is -3.76. The number of methoxy groups -OCH3 is 1. The number of hydrogen-bond donors (Lipinski definition) is 1. The predicted molar refractivity (Wildman–Crippen MR) is 149 cm³/mol. The van der Waals surface area contributed by atoms with Gasteiger partial charge in [-0.05, 0) is 77.6 Å². The van der Waals surface area contributed by atoms with E-state index in [9.17, 15) is 14.4 Å². The first-order valence-corrected chi connectivity index (χ1v) is 14.0. The Balaban J connectivity index is 1.51. The average molecular weight is 556 g/mol. The Bertz CT molecular complexity index is 1170. The van der Waals surface area contributed by atoms with E-state index >= 15 is 0 Å². The number of amides is 3. The van der Waals surface area contributed by atoms with Crippen LogP contribution in [-0.4, -0.2) is 89.2 Å². The summed E-state index contributed by atoms with van der Waals surface area (Å²) in [7, 11) is 1.62. The molecule has 40 heavy (non-hydrogen) atoms. The van der Waals surface area contributed by atoms with Crippen LogP contribution in [0.5, 0.6) is 5.75 Å². The highest BCUT2D eigenvalue weighted by Gasteiger charge is 2.33. The van der Waals surface area contributed by atoms with Gasteiger partial charge in [0.05, 0.1) is 36.9 Å². The van der Waals surface area contributed by atoms with Gasteiger partial charge in [0.1, 0.15) is 11.4 Å². The van der Waals surface area contributed by atoms with Crippen molar-refractivity contribution in [2.45, 2.75) is 70.9 Å². The Morgan fingerprint density at radius 1 is 0.950 bits per heavy atom. The maximum Gasteiger partial charge on any atom is 0.410 e. The summed E-state index contributed by atoms with van der Waals surface area (Å²) in [4.78, 5) is 41.7. The van der Waals surface area contributed by atoms with Gasteiger partial charge in [-0.25, -0.2) is 14.3 Å². The highest BCUT2D eigenvalue weighted by molar-refractivity contribution is 5.95. The van der Waals surface area contributed by atoms with Gasteiger partial charge in [0.2, 0.25) is 0 Å². The summed E-state index contributed by atoms with van der Waals surface area (Å²) in [6.45, 7) is 9.82. The molecule has 0 unspecified atom stereocenters. The van der Waals surface area contributed by atoms with Crippen molar-refractivity contribution in [3.8, 4) is 11.4 Å². The van der Waals surface area contributed by atoms with Gasteiger partial charge >= 0.3 is 12.2 Å². The standard InChI is InChI=1S/C29H41N5O6/c1-6-39-27(36)32-17-13-21(14-18-32)31-26(35)24-19-30-34(22-7-9-23(38-5)10-8-22)25(24)20-11-15-33(16-12-20)28(37)40-29(2,3)4/h7-10,19-21H,6,11-18H2,1-5H3,(H,31,35). The Morgan fingerprint density at radius 2 is 1.55 bits per heavy atom. The molecule has 2 fully saturated rings. The highest BCUT2D eigenvalue weighted by Crippen LogP contribution is 2.33. The molecule has 2 aliphatic heterocycles. The molecule has 2 saturated heterocycles. The molecule has 1 aromatic heterocycles. The molecule has 0 spiro atoms. The molecule has 0 saturated carbocycles. The second kappa shape index (κ2) is 12.6. The first-order valence-electron chi connectivity index (χ1n) is 14.0. The van der Waals surface area contributed by atoms with Crippen LogP contribution in [0.25, 0.3) is 5.69 Å². The fraction of sp³-hybridized carbons (Fsp3) is 0.586. The lowest BCUT2D eigenvalue weighted by molar-refractivity contribution is 0.0203. The van der Waals surface area contributed by atoms with Crippen molar-refractivity contribution >= 4 is 18.1 Å². The minimum atomic E-state index is -0.557. The summed E-state index contributed by atoms with van der Waals surface area (Å²) < 4.78 is 17.8. The van der Waals surface area contributed by atoms with Crippen molar-refractivity contribution in [1.29, 1.82) is 0 Å². The van der Waals surface area contributed by atoms with Gasteiger partial charge < -0.3 is 29.3 Å². The zero-order valence-electron chi connectivity index (χ0n) is 24.1. The molecule has 1 N–H and O–H groups in total. The molecule has 3 heterocycles. The molecule has 2 aliphatic rings. The lowest BCUT2D eigenvalue weighted by Gasteiger charge is -2.34. The van der Waals surface area contributed by atoms with Crippen LogP contribution in [-0.2, 0) is 9.47 Å². The van der Waals surface area contributed by atoms with Crippen LogP contribution in [0.15, 0.2) is 30.5 Å². The third-order valence-electron chi connectivity index (χ3n) is 7.26. The molecule has 0 aliphatic carbocycles. The van der Waals surface area contributed by atoms with Gasteiger partial charge in [-0.15, -0.1) is 0 Å². The molecule has 11 heteroatoms. The molecule has 3 amide bonds. The van der Waals surface area contributed by atoms with Crippen molar-refractivity contribution in [3.05, 3.63) is 41.7 Å². The highest BCUT2D eigenvalue weighted by atomic mass is 16.6. The number of likely N-dealkylation sites (tertiary alicyclic amines) is 2. The monoisotopic (exact) mass is 555 g/mol. The molecule has 0 radical (unpaired) electrons. The third-order valence-corrected chi connectivity index (χ3v) is 7.26. The fourth-order valence-corrected chi connectivity index (χ4v) is 5.20. The summed E-state index contributed by atoms with van der Waals surface area (Å²) in [6, 6.07) is 7.51. The van der Waals surface area contributed by atoms with Crippen molar-refractivity contribution in [1.82, 2.24) is 24.9 Å². The second-order valence-corrected chi connectivity index (χ2v) is 11.2. The number of aromatic nitrogens is 2. The second-order valence-electron chi connectivity index (χ2n) is 11.2. The van der Waals surface area contributed by atoms with Crippen LogP contribution >= 0.6 is 0 Å². The van der Waals surface area contributed by atoms with E-state index in [-0.39, 0.29) is 30.1 Å².